The lowest BCUT2D eigenvalue weighted by atomic mass is 10.1. The minimum Gasteiger partial charge on any atom is -0.497 e. The maximum Gasteiger partial charge on any atom is 0.219 e. The van der Waals surface area contributed by atoms with Crippen LogP contribution in [0.1, 0.15) is 18.9 Å². The van der Waals surface area contributed by atoms with Gasteiger partial charge >= 0.3 is 0 Å². The Bertz CT molecular complexity index is 502. The average Bonchev–Trinajstić information content (AvgIpc) is 2.92. The number of hydrogen-bond acceptors (Lipinski definition) is 4. The summed E-state index contributed by atoms with van der Waals surface area (Å²) in [5.74, 6) is 0.643. The summed E-state index contributed by atoms with van der Waals surface area (Å²) in [5, 5.41) is 2.71. The van der Waals surface area contributed by atoms with Crippen LogP contribution in [0.25, 0.3) is 0 Å². The maximum atomic E-state index is 14.3. The van der Waals surface area contributed by atoms with E-state index < -0.39 is 0 Å². The molecule has 0 radical (unpaired) electrons. The van der Waals surface area contributed by atoms with Crippen molar-refractivity contribution in [3.8, 4) is 5.75 Å². The third-order valence-corrected chi connectivity index (χ3v) is 3.34. The molecule has 0 fully saturated rings. The molecule has 18 heavy (non-hydrogen) atoms. The molecular weight excluding hydrogens is 251 g/mol. The fraction of sp³-hybridized carbons (Fsp3) is 0.308. The van der Waals surface area contributed by atoms with E-state index in [1.165, 1.54) is 11.3 Å². The molecule has 0 amide bonds. The molecule has 2 rings (SSSR count). The van der Waals surface area contributed by atoms with Crippen molar-refractivity contribution >= 4 is 22.2 Å². The first-order valence-corrected chi connectivity index (χ1v) is 6.66. The molecule has 5 heteroatoms. The highest BCUT2D eigenvalue weighted by Crippen LogP contribution is 2.33. The highest BCUT2D eigenvalue weighted by Gasteiger charge is 2.15. The Labute approximate surface area is 110 Å². The van der Waals surface area contributed by atoms with Crippen LogP contribution in [0.15, 0.2) is 29.8 Å². The SMILES string of the molecule is CCCc1ccc(OC)cc1N(F)c1nccs1. The molecule has 0 aliphatic heterocycles. The summed E-state index contributed by atoms with van der Waals surface area (Å²) in [5.41, 5.74) is 1.46. The van der Waals surface area contributed by atoms with Gasteiger partial charge < -0.3 is 4.74 Å². The molecule has 1 heterocycles. The monoisotopic (exact) mass is 266 g/mol. The van der Waals surface area contributed by atoms with Gasteiger partial charge in [-0.1, -0.05) is 23.9 Å². The van der Waals surface area contributed by atoms with Gasteiger partial charge in [0, 0.05) is 17.6 Å². The Morgan fingerprint density at radius 1 is 1.44 bits per heavy atom. The number of nitrogens with zero attached hydrogens (tertiary/aromatic N) is 2. The number of halogens is 1. The molecular formula is C13H15FN2OS. The van der Waals surface area contributed by atoms with E-state index in [4.69, 9.17) is 4.74 Å². The molecule has 1 aromatic carbocycles. The van der Waals surface area contributed by atoms with E-state index in [0.29, 0.717) is 21.7 Å². The van der Waals surface area contributed by atoms with Crippen molar-refractivity contribution in [1.29, 1.82) is 0 Å². The molecule has 0 unspecified atom stereocenters. The molecule has 3 nitrogen and oxygen atoms in total. The lowest BCUT2D eigenvalue weighted by Gasteiger charge is -2.16. The fourth-order valence-corrected chi connectivity index (χ4v) is 2.31. The summed E-state index contributed by atoms with van der Waals surface area (Å²) >= 11 is 1.27. The minimum absolute atomic E-state index is 0.334. The van der Waals surface area contributed by atoms with E-state index in [0.717, 1.165) is 18.4 Å². The normalized spacial score (nSPS) is 10.4. The Balaban J connectivity index is 2.39. The number of aromatic nitrogens is 1. The zero-order valence-electron chi connectivity index (χ0n) is 10.4. The van der Waals surface area contributed by atoms with E-state index in [2.05, 4.69) is 11.9 Å². The predicted octanol–water partition coefficient (Wildman–Crippen LogP) is 4.13. The maximum absolute atomic E-state index is 14.3. The van der Waals surface area contributed by atoms with Gasteiger partial charge in [-0.05, 0) is 18.1 Å². The zero-order chi connectivity index (χ0) is 13.0. The molecule has 0 aliphatic rings. The van der Waals surface area contributed by atoms with Crippen molar-refractivity contribution in [3.05, 3.63) is 35.3 Å². The van der Waals surface area contributed by atoms with Crippen molar-refractivity contribution in [1.82, 2.24) is 4.98 Å². The van der Waals surface area contributed by atoms with Crippen LogP contribution in [0, 0.1) is 0 Å². The topological polar surface area (TPSA) is 25.4 Å². The summed E-state index contributed by atoms with van der Waals surface area (Å²) < 4.78 is 19.5. The minimum atomic E-state index is 0.334. The molecule has 1 aromatic heterocycles. The van der Waals surface area contributed by atoms with Gasteiger partial charge in [0.1, 0.15) is 5.75 Å². The lowest BCUT2D eigenvalue weighted by Crippen LogP contribution is -2.06. The van der Waals surface area contributed by atoms with Gasteiger partial charge in [-0.3, -0.25) is 0 Å². The van der Waals surface area contributed by atoms with Crippen molar-refractivity contribution in [2.24, 2.45) is 0 Å². The number of hydrogen-bond donors (Lipinski definition) is 0. The van der Waals surface area contributed by atoms with Crippen LogP contribution < -0.4 is 9.86 Å². The molecule has 0 saturated carbocycles. The van der Waals surface area contributed by atoms with E-state index in [1.807, 2.05) is 12.1 Å². The van der Waals surface area contributed by atoms with Crippen LogP contribution in [0.3, 0.4) is 0 Å². The van der Waals surface area contributed by atoms with Crippen LogP contribution in [0.2, 0.25) is 0 Å². The largest absolute Gasteiger partial charge is 0.497 e. The van der Waals surface area contributed by atoms with Gasteiger partial charge in [0.05, 0.1) is 12.8 Å². The number of thiazole rings is 1. The quantitative estimate of drug-likeness (QED) is 0.761. The molecule has 0 bridgehead atoms. The Morgan fingerprint density at radius 3 is 2.89 bits per heavy atom. The van der Waals surface area contributed by atoms with Crippen molar-refractivity contribution in [3.63, 3.8) is 0 Å². The van der Waals surface area contributed by atoms with E-state index in [1.54, 1.807) is 24.8 Å². The summed E-state index contributed by atoms with van der Waals surface area (Å²) in [4.78, 5) is 3.98. The van der Waals surface area contributed by atoms with Crippen molar-refractivity contribution < 1.29 is 9.22 Å². The first-order chi connectivity index (χ1) is 8.76. The second kappa shape index (κ2) is 5.82. The summed E-state index contributed by atoms with van der Waals surface area (Å²) in [6.45, 7) is 2.07. The molecule has 2 aromatic rings. The summed E-state index contributed by atoms with van der Waals surface area (Å²) in [6, 6.07) is 5.45. The standard InChI is InChI=1S/C13H15FN2OS/c1-3-4-10-5-6-11(17-2)9-12(10)16(14)13-15-7-8-18-13/h5-9H,3-4H2,1-2H3. The zero-order valence-corrected chi connectivity index (χ0v) is 11.2. The molecule has 0 atom stereocenters. The first-order valence-electron chi connectivity index (χ1n) is 5.78. The lowest BCUT2D eigenvalue weighted by molar-refractivity contribution is 0.413. The number of benzene rings is 1. The molecule has 0 saturated heterocycles. The second-order valence-corrected chi connectivity index (χ2v) is 4.71. The van der Waals surface area contributed by atoms with E-state index >= 15 is 0 Å². The molecule has 0 N–H and O–H groups in total. The third-order valence-electron chi connectivity index (χ3n) is 2.61. The van der Waals surface area contributed by atoms with Gasteiger partial charge in [-0.15, -0.1) is 11.3 Å². The smallest absolute Gasteiger partial charge is 0.219 e. The number of aryl methyl sites for hydroxylation is 1. The highest BCUT2D eigenvalue weighted by atomic mass is 32.1. The van der Waals surface area contributed by atoms with Gasteiger partial charge in [0.2, 0.25) is 5.13 Å². The van der Waals surface area contributed by atoms with Crippen LogP contribution in [0.4, 0.5) is 15.3 Å². The second-order valence-electron chi connectivity index (χ2n) is 3.84. The highest BCUT2D eigenvalue weighted by molar-refractivity contribution is 7.13. The van der Waals surface area contributed by atoms with E-state index in [9.17, 15) is 4.48 Å². The summed E-state index contributed by atoms with van der Waals surface area (Å²) in [6.07, 6.45) is 3.38. The average molecular weight is 266 g/mol. The fourth-order valence-electron chi connectivity index (χ4n) is 1.75. The van der Waals surface area contributed by atoms with Crippen molar-refractivity contribution in [2.75, 3.05) is 12.2 Å². The summed E-state index contributed by atoms with van der Waals surface area (Å²) in [7, 11) is 1.57. The van der Waals surface area contributed by atoms with Crippen LogP contribution in [0.5, 0.6) is 5.75 Å². The van der Waals surface area contributed by atoms with Gasteiger partial charge in [0.25, 0.3) is 0 Å². The number of rotatable bonds is 5. The molecule has 0 aliphatic carbocycles. The van der Waals surface area contributed by atoms with Gasteiger partial charge in [0.15, 0.2) is 0 Å². The Kier molecular flexibility index (Phi) is 4.15. The predicted molar refractivity (Wildman–Crippen MR) is 72.4 cm³/mol. The van der Waals surface area contributed by atoms with Crippen LogP contribution >= 0.6 is 11.3 Å². The number of anilines is 2. The first kappa shape index (κ1) is 12.8. The van der Waals surface area contributed by atoms with E-state index in [-0.39, 0.29) is 0 Å². The Hall–Kier alpha value is -1.62. The third kappa shape index (κ3) is 2.61. The van der Waals surface area contributed by atoms with Gasteiger partial charge in [-0.2, -0.15) is 5.12 Å². The molecule has 96 valence electrons. The molecule has 0 spiro atoms. The van der Waals surface area contributed by atoms with Gasteiger partial charge in [-0.25, -0.2) is 4.98 Å². The number of methoxy groups -OCH3 is 1. The van der Waals surface area contributed by atoms with Crippen LogP contribution in [-0.4, -0.2) is 12.1 Å². The van der Waals surface area contributed by atoms with Crippen LogP contribution in [-0.2, 0) is 6.42 Å². The van der Waals surface area contributed by atoms with Crippen molar-refractivity contribution in [2.45, 2.75) is 19.8 Å². The number of ether oxygens (including phenoxy) is 1. The Morgan fingerprint density at radius 2 is 2.28 bits per heavy atom.